The van der Waals surface area contributed by atoms with Crippen LogP contribution in [-0.2, 0) is 11.2 Å². The zero-order valence-electron chi connectivity index (χ0n) is 11.9. The number of hydrogen-bond acceptors (Lipinski definition) is 3. The number of rotatable bonds is 9. The van der Waals surface area contributed by atoms with Crippen LogP contribution in [0.15, 0.2) is 24.3 Å². The van der Waals surface area contributed by atoms with Crippen molar-refractivity contribution in [2.75, 3.05) is 0 Å². The first-order valence-corrected chi connectivity index (χ1v) is 7.99. The Morgan fingerprint density at radius 3 is 2.65 bits per heavy atom. The molecule has 1 aromatic rings. The Bertz CT molecular complexity index is 444. The minimum atomic E-state index is -0.163. The summed E-state index contributed by atoms with van der Waals surface area (Å²) in [5.41, 5.74) is 1.18. The van der Waals surface area contributed by atoms with Crippen LogP contribution >= 0.6 is 24.8 Å². The van der Waals surface area contributed by atoms with Gasteiger partial charge in [0.1, 0.15) is 5.75 Å². The molecule has 0 aliphatic rings. The summed E-state index contributed by atoms with van der Waals surface area (Å²) in [6, 6.07) is 7.97. The van der Waals surface area contributed by atoms with Crippen molar-refractivity contribution in [2.45, 2.75) is 51.9 Å². The summed E-state index contributed by atoms with van der Waals surface area (Å²) in [4.78, 5) is 10.8. The number of para-hydroxylation sites is 1. The molecule has 0 spiro atoms. The highest BCUT2D eigenvalue weighted by atomic mass is 32.1. The molecule has 0 unspecified atom stereocenters. The molecular formula is C16H22O2S2. The van der Waals surface area contributed by atoms with E-state index in [1.165, 1.54) is 24.8 Å². The van der Waals surface area contributed by atoms with E-state index in [0.717, 1.165) is 18.6 Å². The molecule has 20 heavy (non-hydrogen) atoms. The van der Waals surface area contributed by atoms with Crippen LogP contribution < -0.4 is 4.74 Å². The second kappa shape index (κ2) is 9.94. The number of carbonyl (C=O) groups is 1. The van der Waals surface area contributed by atoms with Gasteiger partial charge in [-0.15, -0.1) is 12.6 Å². The van der Waals surface area contributed by atoms with E-state index in [9.17, 15) is 4.79 Å². The molecule has 4 heteroatoms. The fraction of sp³-hybridized carbons (Fsp3) is 0.500. The van der Waals surface area contributed by atoms with Crippen LogP contribution in [0.4, 0.5) is 0 Å². The van der Waals surface area contributed by atoms with Crippen molar-refractivity contribution < 1.29 is 9.53 Å². The molecule has 0 aromatic heterocycles. The fourth-order valence-corrected chi connectivity index (χ4v) is 2.24. The standard InChI is InChI=1S/C16H22O2S2/c1-2-3-4-5-8-13-9-6-7-10-14(13)18-16(20)12-11-15(17)19/h6-7,9-10H,2-5,8,11-12H2,1H3,(H,17,19). The van der Waals surface area contributed by atoms with E-state index in [1.54, 1.807) is 0 Å². The molecule has 0 atom stereocenters. The lowest BCUT2D eigenvalue weighted by Gasteiger charge is -2.11. The molecule has 1 rings (SSSR count). The van der Waals surface area contributed by atoms with Crippen molar-refractivity contribution in [1.29, 1.82) is 0 Å². The molecule has 0 radical (unpaired) electrons. The average Bonchev–Trinajstić information content (AvgIpc) is 2.43. The third-order valence-corrected chi connectivity index (χ3v) is 3.55. The number of carbonyl (C=O) groups excluding carboxylic acids is 1. The highest BCUT2D eigenvalue weighted by Gasteiger charge is 2.07. The Labute approximate surface area is 132 Å². The summed E-state index contributed by atoms with van der Waals surface area (Å²) in [7, 11) is 0. The first-order chi connectivity index (χ1) is 9.63. The summed E-state index contributed by atoms with van der Waals surface area (Å²) >= 11 is 8.89. The SMILES string of the molecule is CCCCCCc1ccccc1OC(=S)CCC(=O)S. The molecule has 1 aromatic carbocycles. The van der Waals surface area contributed by atoms with Gasteiger partial charge in [-0.2, -0.15) is 0 Å². The maximum Gasteiger partial charge on any atom is 0.186 e. The van der Waals surface area contributed by atoms with Crippen molar-refractivity contribution in [3.8, 4) is 5.75 Å². The Kier molecular flexibility index (Phi) is 8.54. The van der Waals surface area contributed by atoms with Gasteiger partial charge in [-0.05, 0) is 36.7 Å². The van der Waals surface area contributed by atoms with Gasteiger partial charge in [0.05, 0.1) is 0 Å². The number of ether oxygens (including phenoxy) is 1. The molecular weight excluding hydrogens is 288 g/mol. The Hall–Kier alpha value is -0.870. The normalized spacial score (nSPS) is 10.3. The zero-order chi connectivity index (χ0) is 14.8. The number of aryl methyl sites for hydroxylation is 1. The van der Waals surface area contributed by atoms with E-state index in [2.05, 4.69) is 25.6 Å². The quantitative estimate of drug-likeness (QED) is 0.405. The lowest BCUT2D eigenvalue weighted by atomic mass is 10.1. The van der Waals surface area contributed by atoms with E-state index in [-0.39, 0.29) is 5.12 Å². The van der Waals surface area contributed by atoms with Crippen molar-refractivity contribution >= 4 is 35.0 Å². The highest BCUT2D eigenvalue weighted by Crippen LogP contribution is 2.21. The topological polar surface area (TPSA) is 26.3 Å². The summed E-state index contributed by atoms with van der Waals surface area (Å²) in [6.45, 7) is 2.21. The third-order valence-electron chi connectivity index (χ3n) is 3.04. The van der Waals surface area contributed by atoms with Gasteiger partial charge in [0.2, 0.25) is 0 Å². The van der Waals surface area contributed by atoms with Crippen molar-refractivity contribution in [3.63, 3.8) is 0 Å². The van der Waals surface area contributed by atoms with E-state index < -0.39 is 0 Å². The lowest BCUT2D eigenvalue weighted by Crippen LogP contribution is -2.08. The average molecular weight is 310 g/mol. The number of unbranched alkanes of at least 4 members (excludes halogenated alkanes) is 3. The van der Waals surface area contributed by atoms with Crippen molar-refractivity contribution in [1.82, 2.24) is 0 Å². The number of thiol groups is 1. The number of hydrogen-bond donors (Lipinski definition) is 1. The summed E-state index contributed by atoms with van der Waals surface area (Å²) in [5, 5.41) is 0.289. The molecule has 0 amide bonds. The minimum Gasteiger partial charge on any atom is -0.450 e. The first-order valence-electron chi connectivity index (χ1n) is 7.14. The smallest absolute Gasteiger partial charge is 0.186 e. The Morgan fingerprint density at radius 2 is 1.95 bits per heavy atom. The maximum absolute atomic E-state index is 10.8. The first kappa shape index (κ1) is 17.2. The molecule has 2 nitrogen and oxygen atoms in total. The Balaban J connectivity index is 2.51. The predicted molar refractivity (Wildman–Crippen MR) is 90.7 cm³/mol. The molecule has 0 aliphatic carbocycles. The van der Waals surface area contributed by atoms with Crippen LogP contribution in [-0.4, -0.2) is 10.2 Å². The van der Waals surface area contributed by atoms with Gasteiger partial charge in [0.25, 0.3) is 0 Å². The highest BCUT2D eigenvalue weighted by molar-refractivity contribution is 7.96. The van der Waals surface area contributed by atoms with Gasteiger partial charge in [-0.25, -0.2) is 0 Å². The maximum atomic E-state index is 10.8. The second-order valence-electron chi connectivity index (χ2n) is 4.79. The van der Waals surface area contributed by atoms with Gasteiger partial charge in [-0.1, -0.05) is 44.4 Å². The van der Waals surface area contributed by atoms with E-state index in [4.69, 9.17) is 17.0 Å². The second-order valence-corrected chi connectivity index (χ2v) is 5.74. The van der Waals surface area contributed by atoms with Gasteiger partial charge in [-0.3, -0.25) is 4.79 Å². The third kappa shape index (κ3) is 7.06. The van der Waals surface area contributed by atoms with Gasteiger partial charge in [0, 0.05) is 12.8 Å². The van der Waals surface area contributed by atoms with Gasteiger partial charge >= 0.3 is 0 Å². The molecule has 0 saturated heterocycles. The predicted octanol–water partition coefficient (Wildman–Crippen LogP) is 4.75. The minimum absolute atomic E-state index is 0.163. The molecule has 0 fully saturated rings. The van der Waals surface area contributed by atoms with Crippen LogP contribution in [0, 0.1) is 0 Å². The van der Waals surface area contributed by atoms with E-state index >= 15 is 0 Å². The Morgan fingerprint density at radius 1 is 1.20 bits per heavy atom. The molecule has 0 bridgehead atoms. The van der Waals surface area contributed by atoms with Gasteiger partial charge in [0.15, 0.2) is 10.2 Å². The largest absolute Gasteiger partial charge is 0.450 e. The van der Waals surface area contributed by atoms with E-state index in [1.807, 2.05) is 18.2 Å². The van der Waals surface area contributed by atoms with E-state index in [0.29, 0.717) is 17.9 Å². The van der Waals surface area contributed by atoms with Crippen LogP contribution in [0.5, 0.6) is 5.75 Å². The molecule has 0 saturated carbocycles. The summed E-state index contributed by atoms with van der Waals surface area (Å²) in [6.07, 6.45) is 6.68. The number of benzene rings is 1. The van der Waals surface area contributed by atoms with Gasteiger partial charge < -0.3 is 4.74 Å². The van der Waals surface area contributed by atoms with Crippen LogP contribution in [0.1, 0.15) is 51.0 Å². The summed E-state index contributed by atoms with van der Waals surface area (Å²) in [5.74, 6) is 0.820. The summed E-state index contributed by atoms with van der Waals surface area (Å²) < 4.78 is 5.70. The molecule has 0 N–H and O–H groups in total. The molecule has 110 valence electrons. The van der Waals surface area contributed by atoms with Crippen LogP contribution in [0.3, 0.4) is 0 Å². The van der Waals surface area contributed by atoms with Crippen molar-refractivity contribution in [2.24, 2.45) is 0 Å². The molecule has 0 aliphatic heterocycles. The van der Waals surface area contributed by atoms with Crippen LogP contribution in [0.25, 0.3) is 0 Å². The monoisotopic (exact) mass is 310 g/mol. The number of thiocarbonyl (C=S) groups is 1. The molecule has 0 heterocycles. The lowest BCUT2D eigenvalue weighted by molar-refractivity contribution is -0.110. The fourth-order valence-electron chi connectivity index (χ4n) is 1.93. The van der Waals surface area contributed by atoms with Crippen LogP contribution in [0.2, 0.25) is 0 Å². The van der Waals surface area contributed by atoms with Crippen molar-refractivity contribution in [3.05, 3.63) is 29.8 Å². The zero-order valence-corrected chi connectivity index (χ0v) is 13.6.